The topological polar surface area (TPSA) is 187 Å². The van der Waals surface area contributed by atoms with Crippen molar-refractivity contribution in [3.05, 3.63) is 60.5 Å². The minimum absolute atomic E-state index is 0.0440. The highest BCUT2D eigenvalue weighted by molar-refractivity contribution is 7.91. The number of aromatic amines is 1. The van der Waals surface area contributed by atoms with Crippen molar-refractivity contribution in [1.29, 1.82) is 0 Å². The summed E-state index contributed by atoms with van der Waals surface area (Å²) < 4.78 is 46.7. The molecule has 5 aromatic rings. The maximum Gasteiger partial charge on any atom is 0.291 e. The van der Waals surface area contributed by atoms with Gasteiger partial charge >= 0.3 is 0 Å². The smallest absolute Gasteiger partial charge is 0.291 e. The summed E-state index contributed by atoms with van der Waals surface area (Å²) in [6.07, 6.45) is 9.66. The van der Waals surface area contributed by atoms with Crippen LogP contribution < -0.4 is 10.5 Å². The van der Waals surface area contributed by atoms with Gasteiger partial charge in [-0.2, -0.15) is 14.7 Å². The van der Waals surface area contributed by atoms with E-state index in [0.717, 1.165) is 19.1 Å². The van der Waals surface area contributed by atoms with Crippen molar-refractivity contribution in [3.8, 4) is 28.3 Å². The lowest BCUT2D eigenvalue weighted by Gasteiger charge is -2.38. The van der Waals surface area contributed by atoms with E-state index in [1.165, 1.54) is 36.3 Å². The monoisotopic (exact) mass is 618 g/mol. The van der Waals surface area contributed by atoms with E-state index in [2.05, 4.69) is 30.2 Å². The number of nitrogen functional groups attached to an aromatic ring is 1. The lowest BCUT2D eigenvalue weighted by Crippen LogP contribution is -2.46. The number of nitrogens with two attached hydrogens (primary N) is 1. The van der Waals surface area contributed by atoms with Gasteiger partial charge in [0.25, 0.3) is 5.91 Å². The van der Waals surface area contributed by atoms with Crippen molar-refractivity contribution in [2.24, 2.45) is 0 Å². The molecule has 1 unspecified atom stereocenters. The fraction of sp³-hybridized carbons (Fsp3) is 0.321. The maximum absolute atomic E-state index is 14.3. The van der Waals surface area contributed by atoms with Crippen LogP contribution in [0.1, 0.15) is 47.9 Å². The number of ether oxygens (including phenoxy) is 1. The number of benzene rings is 1. The maximum atomic E-state index is 14.3. The molecular weight excluding hydrogens is 591 g/mol. The van der Waals surface area contributed by atoms with E-state index in [0.29, 0.717) is 46.7 Å². The Hall–Kier alpha value is -4.99. The number of hydrogen-bond acceptors (Lipinski definition) is 11. The molecule has 14 nitrogen and oxygen atoms in total. The second-order valence-electron chi connectivity index (χ2n) is 11.0. The Labute approximate surface area is 250 Å². The van der Waals surface area contributed by atoms with Crippen LogP contribution in [-0.2, 0) is 9.84 Å². The molecule has 2 aliphatic rings. The van der Waals surface area contributed by atoms with Gasteiger partial charge < -0.3 is 15.4 Å². The van der Waals surface area contributed by atoms with E-state index in [1.807, 2.05) is 4.90 Å². The standard InChI is InChI=1S/C28H27FN10O4S/c1-43-21-6-3-14(9-20(21)29)25-31-10-16(11-32-25)19-12-35-39-24(30)23(44(2,41)42)22(36-27(19)39)15-7-17-4-5-18(8-15)38(17)28(40)26-33-13-34-37-26/h3,6,9-13,15,17-18H,4-5,7-8,30H2,1-2H3,(H,33,34,37)/t15?,17-,18+. The van der Waals surface area contributed by atoms with E-state index in [1.54, 1.807) is 18.5 Å². The summed E-state index contributed by atoms with van der Waals surface area (Å²) in [5.41, 5.74) is 8.78. The third-order valence-corrected chi connectivity index (χ3v) is 9.54. The summed E-state index contributed by atoms with van der Waals surface area (Å²) in [5, 5.41) is 10.8. The lowest BCUT2D eigenvalue weighted by atomic mass is 9.87. The average Bonchev–Trinajstić information content (AvgIpc) is 3.75. The Morgan fingerprint density at radius 3 is 2.43 bits per heavy atom. The second kappa shape index (κ2) is 10.3. The van der Waals surface area contributed by atoms with Gasteiger partial charge in [0, 0.05) is 53.3 Å². The molecule has 2 saturated heterocycles. The Morgan fingerprint density at radius 2 is 1.82 bits per heavy atom. The Balaban J connectivity index is 1.26. The second-order valence-corrected chi connectivity index (χ2v) is 13.0. The quantitative estimate of drug-likeness (QED) is 0.285. The first-order valence-corrected chi connectivity index (χ1v) is 15.7. The molecule has 3 atom stereocenters. The number of fused-ring (bicyclic) bond motifs is 3. The van der Waals surface area contributed by atoms with Crippen LogP contribution in [-0.4, -0.2) is 84.4 Å². The highest BCUT2D eigenvalue weighted by Gasteiger charge is 2.46. The van der Waals surface area contributed by atoms with Gasteiger partial charge in [0.1, 0.15) is 17.0 Å². The predicted octanol–water partition coefficient (Wildman–Crippen LogP) is 2.66. The minimum Gasteiger partial charge on any atom is -0.494 e. The molecule has 6 heterocycles. The molecule has 7 rings (SSSR count). The van der Waals surface area contributed by atoms with Crippen molar-refractivity contribution >= 4 is 27.2 Å². The number of methoxy groups -OCH3 is 1. The van der Waals surface area contributed by atoms with Crippen LogP contribution in [0.2, 0.25) is 0 Å². The number of anilines is 1. The predicted molar refractivity (Wildman–Crippen MR) is 155 cm³/mol. The van der Waals surface area contributed by atoms with Crippen molar-refractivity contribution < 1.29 is 22.3 Å². The molecule has 2 fully saturated rings. The molecule has 3 N–H and O–H groups in total. The zero-order valence-electron chi connectivity index (χ0n) is 23.7. The van der Waals surface area contributed by atoms with E-state index < -0.39 is 15.7 Å². The van der Waals surface area contributed by atoms with Crippen LogP contribution in [0.3, 0.4) is 0 Å². The van der Waals surface area contributed by atoms with Gasteiger partial charge in [0.05, 0.1) is 19.0 Å². The van der Waals surface area contributed by atoms with E-state index in [9.17, 15) is 17.6 Å². The first-order valence-electron chi connectivity index (χ1n) is 13.9. The fourth-order valence-corrected chi connectivity index (χ4v) is 7.52. The van der Waals surface area contributed by atoms with Gasteiger partial charge in [-0.1, -0.05) is 0 Å². The van der Waals surface area contributed by atoms with Gasteiger partial charge in [0.2, 0.25) is 5.82 Å². The summed E-state index contributed by atoms with van der Waals surface area (Å²) in [7, 11) is -2.41. The van der Waals surface area contributed by atoms with Gasteiger partial charge in [-0.05, 0) is 43.9 Å². The summed E-state index contributed by atoms with van der Waals surface area (Å²) in [4.78, 5) is 32.7. The summed E-state index contributed by atoms with van der Waals surface area (Å²) in [6, 6.07) is 4.22. The van der Waals surface area contributed by atoms with E-state index >= 15 is 0 Å². The van der Waals surface area contributed by atoms with Gasteiger partial charge in [-0.3, -0.25) is 9.89 Å². The normalized spacial score (nSPS) is 19.9. The molecule has 226 valence electrons. The van der Waals surface area contributed by atoms with Crippen LogP contribution in [0.5, 0.6) is 5.75 Å². The molecule has 2 bridgehead atoms. The summed E-state index contributed by atoms with van der Waals surface area (Å²) in [6.45, 7) is 0. The van der Waals surface area contributed by atoms with Crippen molar-refractivity contribution in [2.75, 3.05) is 19.1 Å². The number of aromatic nitrogens is 8. The Kier molecular flexibility index (Phi) is 6.53. The lowest BCUT2D eigenvalue weighted by molar-refractivity contribution is 0.0556. The third kappa shape index (κ3) is 4.52. The number of nitrogens with zero attached hydrogens (tertiary/aromatic N) is 8. The van der Waals surface area contributed by atoms with Crippen LogP contribution in [0.4, 0.5) is 10.2 Å². The minimum atomic E-state index is -3.80. The number of halogens is 1. The number of rotatable bonds is 6. The van der Waals surface area contributed by atoms with Crippen molar-refractivity contribution in [2.45, 2.75) is 48.6 Å². The van der Waals surface area contributed by atoms with Crippen molar-refractivity contribution in [1.82, 2.24) is 44.6 Å². The SMILES string of the molecule is COc1ccc(-c2ncc(-c3cnn4c(N)c(S(C)(=O)=O)c(C5C[C@H]6CC[C@@H](C5)N6C(=O)c5ncn[nH]5)nc34)cn2)cc1F. The van der Waals surface area contributed by atoms with Gasteiger partial charge in [-0.15, -0.1) is 0 Å². The number of carbonyl (C=O) groups excluding carboxylic acids is 1. The number of hydrogen-bond donors (Lipinski definition) is 2. The van der Waals surface area contributed by atoms with Gasteiger partial charge in [0.15, 0.2) is 32.9 Å². The van der Waals surface area contributed by atoms with Crippen LogP contribution in [0.25, 0.3) is 28.2 Å². The molecule has 0 saturated carbocycles. The molecule has 0 aliphatic carbocycles. The fourth-order valence-electron chi connectivity index (χ4n) is 6.46. The number of nitrogens with one attached hydrogen (secondary N) is 1. The van der Waals surface area contributed by atoms with Gasteiger partial charge in [-0.25, -0.2) is 32.7 Å². The number of H-pyrrole nitrogens is 1. The molecule has 0 radical (unpaired) electrons. The van der Waals surface area contributed by atoms with E-state index in [4.69, 9.17) is 15.5 Å². The molecule has 1 aromatic carbocycles. The molecule has 44 heavy (non-hydrogen) atoms. The molecule has 0 spiro atoms. The molecule has 1 amide bonds. The highest BCUT2D eigenvalue weighted by Crippen LogP contribution is 2.45. The number of piperidine rings is 1. The van der Waals surface area contributed by atoms with Crippen LogP contribution >= 0.6 is 0 Å². The number of amides is 1. The summed E-state index contributed by atoms with van der Waals surface area (Å²) in [5.74, 6) is -0.469. The Morgan fingerprint density at radius 1 is 1.09 bits per heavy atom. The Bertz CT molecular complexity index is 2000. The highest BCUT2D eigenvalue weighted by atomic mass is 32.2. The number of carbonyl (C=O) groups is 1. The molecular formula is C28H27FN10O4S. The summed E-state index contributed by atoms with van der Waals surface area (Å²) >= 11 is 0. The molecule has 16 heteroatoms. The van der Waals surface area contributed by atoms with E-state index in [-0.39, 0.29) is 46.2 Å². The first-order chi connectivity index (χ1) is 21.1. The largest absolute Gasteiger partial charge is 0.494 e. The first kappa shape index (κ1) is 27.8. The molecule has 4 aromatic heterocycles. The zero-order chi connectivity index (χ0) is 30.7. The zero-order valence-corrected chi connectivity index (χ0v) is 24.5. The van der Waals surface area contributed by atoms with Crippen LogP contribution in [0.15, 0.2) is 48.0 Å². The number of sulfone groups is 1. The van der Waals surface area contributed by atoms with Crippen LogP contribution in [0, 0.1) is 5.82 Å². The average molecular weight is 619 g/mol. The van der Waals surface area contributed by atoms with Crippen molar-refractivity contribution in [3.63, 3.8) is 0 Å². The molecule has 2 aliphatic heterocycles. The third-order valence-electron chi connectivity index (χ3n) is 8.38.